The van der Waals surface area contributed by atoms with Gasteiger partial charge in [0.05, 0.1) is 4.90 Å². The van der Waals surface area contributed by atoms with Gasteiger partial charge in [-0.2, -0.15) is 9.40 Å². The summed E-state index contributed by atoms with van der Waals surface area (Å²) >= 11 is 0. The van der Waals surface area contributed by atoms with Crippen molar-refractivity contribution in [3.05, 3.63) is 60.4 Å². The first-order valence-corrected chi connectivity index (χ1v) is 12.8. The zero-order chi connectivity index (χ0) is 24.1. The molecule has 1 fully saturated rings. The maximum Gasteiger partial charge on any atom is 0.253 e. The third-order valence-corrected chi connectivity index (χ3v) is 7.89. The molecular weight excluding hydrogens is 456 g/mol. The van der Waals surface area contributed by atoms with Gasteiger partial charge in [0.1, 0.15) is 6.10 Å². The highest BCUT2D eigenvalue weighted by molar-refractivity contribution is 7.89. The lowest BCUT2D eigenvalue weighted by molar-refractivity contribution is 0.0586. The van der Waals surface area contributed by atoms with Crippen LogP contribution in [0.5, 0.6) is 5.88 Å². The van der Waals surface area contributed by atoms with E-state index in [1.807, 2.05) is 6.07 Å². The first-order chi connectivity index (χ1) is 16.4. The quantitative estimate of drug-likeness (QED) is 0.483. The molecule has 0 saturated carbocycles. The molecule has 1 amide bonds. The van der Waals surface area contributed by atoms with Gasteiger partial charge >= 0.3 is 0 Å². The minimum Gasteiger partial charge on any atom is -0.473 e. The molecule has 2 aromatic heterocycles. The van der Waals surface area contributed by atoms with Crippen LogP contribution in [0.15, 0.2) is 59.8 Å². The highest BCUT2D eigenvalue weighted by Crippen LogP contribution is 2.21. The molecule has 1 aliphatic rings. The van der Waals surface area contributed by atoms with Gasteiger partial charge in [0.15, 0.2) is 5.82 Å². The van der Waals surface area contributed by atoms with Gasteiger partial charge in [0, 0.05) is 63.0 Å². The topological polar surface area (TPSA) is 111 Å². The van der Waals surface area contributed by atoms with Crippen molar-refractivity contribution in [1.29, 1.82) is 0 Å². The van der Waals surface area contributed by atoms with E-state index in [4.69, 9.17) is 4.74 Å². The number of rotatable bonds is 8. The van der Waals surface area contributed by atoms with Crippen LogP contribution in [0, 0.1) is 0 Å². The number of ether oxygens (including phenoxy) is 1. The third kappa shape index (κ3) is 5.10. The molecule has 3 aromatic rings. The summed E-state index contributed by atoms with van der Waals surface area (Å²) in [5, 5.41) is 12.4. The van der Waals surface area contributed by atoms with E-state index < -0.39 is 10.0 Å². The van der Waals surface area contributed by atoms with Crippen molar-refractivity contribution in [3.8, 4) is 11.7 Å². The Morgan fingerprint density at radius 2 is 1.76 bits per heavy atom. The van der Waals surface area contributed by atoms with Gasteiger partial charge < -0.3 is 9.64 Å². The normalized spacial score (nSPS) is 15.0. The average Bonchev–Trinajstić information content (AvgIpc) is 3.40. The second kappa shape index (κ2) is 10.3. The summed E-state index contributed by atoms with van der Waals surface area (Å²) < 4.78 is 34.2. The smallest absolute Gasteiger partial charge is 0.253 e. The molecule has 10 nitrogen and oxygen atoms in total. The van der Waals surface area contributed by atoms with Crippen molar-refractivity contribution in [2.24, 2.45) is 0 Å². The Labute approximate surface area is 199 Å². The SMILES string of the molecule is CCN(CC)S(=O)(=O)c1ccc(C(=O)N2CCC(Oc3ccc(-n4cccn4)nn3)CC2)cc1. The van der Waals surface area contributed by atoms with Crippen LogP contribution < -0.4 is 4.74 Å². The van der Waals surface area contributed by atoms with Crippen LogP contribution in [0.3, 0.4) is 0 Å². The van der Waals surface area contributed by atoms with Crippen molar-refractivity contribution in [2.75, 3.05) is 26.2 Å². The standard InChI is InChI=1S/C23H28N6O4S/c1-3-28(4-2)34(31,32)20-8-6-18(7-9-20)23(30)27-16-12-19(13-17-27)33-22-11-10-21(25-26-22)29-15-5-14-24-29/h5-11,14-15,19H,3-4,12-13,16-17H2,1-2H3. The molecule has 3 heterocycles. The number of carbonyl (C=O) groups excluding carboxylic acids is 1. The van der Waals surface area contributed by atoms with E-state index in [9.17, 15) is 13.2 Å². The lowest BCUT2D eigenvalue weighted by Gasteiger charge is -2.32. The van der Waals surface area contributed by atoms with Gasteiger partial charge in [0.2, 0.25) is 15.9 Å². The van der Waals surface area contributed by atoms with Gasteiger partial charge in [-0.1, -0.05) is 13.8 Å². The maximum atomic E-state index is 12.9. The summed E-state index contributed by atoms with van der Waals surface area (Å²) in [7, 11) is -3.55. The number of hydrogen-bond donors (Lipinski definition) is 0. The van der Waals surface area contributed by atoms with E-state index >= 15 is 0 Å². The number of nitrogens with zero attached hydrogens (tertiary/aromatic N) is 6. The van der Waals surface area contributed by atoms with Crippen LogP contribution in [-0.4, -0.2) is 75.8 Å². The lowest BCUT2D eigenvalue weighted by Crippen LogP contribution is -2.41. The lowest BCUT2D eigenvalue weighted by atomic mass is 10.1. The zero-order valence-corrected chi connectivity index (χ0v) is 20.1. The number of hydrogen-bond acceptors (Lipinski definition) is 7. The summed E-state index contributed by atoms with van der Waals surface area (Å²) in [6.07, 6.45) is 4.74. The molecule has 0 unspecified atom stereocenters. The van der Waals surface area contributed by atoms with Gasteiger partial charge in [-0.05, 0) is 36.4 Å². The summed E-state index contributed by atoms with van der Waals surface area (Å²) in [4.78, 5) is 14.9. The Hall–Kier alpha value is -3.31. The molecule has 0 spiro atoms. The fraction of sp³-hybridized carbons (Fsp3) is 0.391. The van der Waals surface area contributed by atoms with Crippen LogP contribution in [0.2, 0.25) is 0 Å². The van der Waals surface area contributed by atoms with E-state index in [0.29, 0.717) is 56.3 Å². The monoisotopic (exact) mass is 484 g/mol. The molecule has 34 heavy (non-hydrogen) atoms. The molecule has 0 aliphatic carbocycles. The summed E-state index contributed by atoms with van der Waals surface area (Å²) in [6.45, 7) is 5.49. The van der Waals surface area contributed by atoms with Crippen molar-refractivity contribution in [2.45, 2.75) is 37.7 Å². The number of carbonyl (C=O) groups is 1. The Morgan fingerprint density at radius 1 is 1.06 bits per heavy atom. The Kier molecular flexibility index (Phi) is 7.23. The minimum atomic E-state index is -3.55. The third-order valence-electron chi connectivity index (χ3n) is 5.83. The fourth-order valence-corrected chi connectivity index (χ4v) is 5.37. The molecule has 0 N–H and O–H groups in total. The molecular formula is C23H28N6O4S. The molecule has 180 valence electrons. The highest BCUT2D eigenvalue weighted by atomic mass is 32.2. The first kappa shape index (κ1) is 23.8. The number of benzene rings is 1. The molecule has 0 atom stereocenters. The van der Waals surface area contributed by atoms with Crippen LogP contribution in [-0.2, 0) is 10.0 Å². The second-order valence-corrected chi connectivity index (χ2v) is 9.84. The molecule has 1 saturated heterocycles. The molecule has 4 rings (SSSR count). The van der Waals surface area contributed by atoms with Crippen LogP contribution >= 0.6 is 0 Å². The van der Waals surface area contributed by atoms with Crippen molar-refractivity contribution in [3.63, 3.8) is 0 Å². The average molecular weight is 485 g/mol. The minimum absolute atomic E-state index is 0.0597. The first-order valence-electron chi connectivity index (χ1n) is 11.3. The van der Waals surface area contributed by atoms with E-state index in [1.54, 1.807) is 60.1 Å². The molecule has 0 bridgehead atoms. The van der Waals surface area contributed by atoms with E-state index in [0.717, 1.165) is 0 Å². The number of amides is 1. The molecule has 1 aliphatic heterocycles. The highest BCUT2D eigenvalue weighted by Gasteiger charge is 2.26. The van der Waals surface area contributed by atoms with Gasteiger partial charge in [-0.3, -0.25) is 4.79 Å². The summed E-state index contributed by atoms with van der Waals surface area (Å²) in [5.74, 6) is 0.924. The number of sulfonamides is 1. The van der Waals surface area contributed by atoms with E-state index in [-0.39, 0.29) is 16.9 Å². The Bertz CT molecular complexity index is 1190. The van der Waals surface area contributed by atoms with Crippen molar-refractivity contribution in [1.82, 2.24) is 29.2 Å². The van der Waals surface area contributed by atoms with Crippen LogP contribution in [0.4, 0.5) is 0 Å². The van der Waals surface area contributed by atoms with Gasteiger partial charge in [-0.15, -0.1) is 10.2 Å². The molecule has 0 radical (unpaired) electrons. The maximum absolute atomic E-state index is 12.9. The predicted octanol–water partition coefficient (Wildman–Crippen LogP) is 2.38. The molecule has 1 aromatic carbocycles. The zero-order valence-electron chi connectivity index (χ0n) is 19.2. The Balaban J connectivity index is 1.32. The van der Waals surface area contributed by atoms with Gasteiger partial charge in [-0.25, -0.2) is 13.1 Å². The Morgan fingerprint density at radius 3 is 2.32 bits per heavy atom. The number of aromatic nitrogens is 4. The van der Waals surface area contributed by atoms with E-state index in [1.165, 1.54) is 16.4 Å². The second-order valence-electron chi connectivity index (χ2n) is 7.90. The number of piperidine rings is 1. The predicted molar refractivity (Wildman–Crippen MR) is 125 cm³/mol. The van der Waals surface area contributed by atoms with Crippen molar-refractivity contribution >= 4 is 15.9 Å². The summed E-state index contributed by atoms with van der Waals surface area (Å²) in [6, 6.07) is 11.5. The fourth-order valence-electron chi connectivity index (χ4n) is 3.91. The van der Waals surface area contributed by atoms with Crippen LogP contribution in [0.1, 0.15) is 37.0 Å². The molecule has 11 heteroatoms. The van der Waals surface area contributed by atoms with Crippen LogP contribution in [0.25, 0.3) is 5.82 Å². The largest absolute Gasteiger partial charge is 0.473 e. The van der Waals surface area contributed by atoms with E-state index in [2.05, 4.69) is 15.3 Å². The van der Waals surface area contributed by atoms with Gasteiger partial charge in [0.25, 0.3) is 5.91 Å². The summed E-state index contributed by atoms with van der Waals surface area (Å²) in [5.41, 5.74) is 0.470. The number of likely N-dealkylation sites (tertiary alicyclic amines) is 1. The van der Waals surface area contributed by atoms with Crippen molar-refractivity contribution < 1.29 is 17.9 Å².